The zero-order valence-corrected chi connectivity index (χ0v) is 10.6. The Labute approximate surface area is 101 Å². The highest BCUT2D eigenvalue weighted by Crippen LogP contribution is 2.30. The van der Waals surface area contributed by atoms with Gasteiger partial charge >= 0.3 is 0 Å². The normalized spacial score (nSPS) is 10.4. The van der Waals surface area contributed by atoms with Gasteiger partial charge in [0.05, 0.1) is 11.6 Å². The molecule has 1 heterocycles. The second-order valence-corrected chi connectivity index (χ2v) is 5.46. The first-order valence-electron chi connectivity index (χ1n) is 4.36. The summed E-state index contributed by atoms with van der Waals surface area (Å²) in [6.45, 7) is 2.14. The van der Waals surface area contributed by atoms with Gasteiger partial charge in [-0.1, -0.05) is 6.92 Å². The van der Waals surface area contributed by atoms with Gasteiger partial charge in [0.15, 0.2) is 0 Å². The molecule has 0 N–H and O–H groups in total. The van der Waals surface area contributed by atoms with E-state index in [9.17, 15) is 0 Å². The van der Waals surface area contributed by atoms with Gasteiger partial charge in [0.1, 0.15) is 0 Å². The quantitative estimate of drug-likeness (QED) is 0.732. The molecule has 0 fully saturated rings. The molecule has 1 aromatic heterocycles. The average Bonchev–Trinajstić information content (AvgIpc) is 2.59. The maximum Gasteiger partial charge on any atom is 0.0998 e. The lowest BCUT2D eigenvalue weighted by Gasteiger charge is -1.93. The molecule has 0 atom stereocenters. The minimum Gasteiger partial charge on any atom is -0.192 e. The van der Waals surface area contributed by atoms with Crippen LogP contribution in [0.2, 0.25) is 0 Å². The third kappa shape index (κ3) is 1.64. The Morgan fingerprint density at radius 3 is 2.86 bits per heavy atom. The minimum absolute atomic E-state index is 0.794. The number of halogens is 1. The van der Waals surface area contributed by atoms with Crippen LogP contribution in [0.25, 0.3) is 10.1 Å². The van der Waals surface area contributed by atoms with Gasteiger partial charge in [0.2, 0.25) is 0 Å². The highest BCUT2D eigenvalue weighted by atomic mass is 127. The largest absolute Gasteiger partial charge is 0.192 e. The van der Waals surface area contributed by atoms with Gasteiger partial charge in [-0.15, -0.1) is 11.3 Å². The topological polar surface area (TPSA) is 23.8 Å². The van der Waals surface area contributed by atoms with Gasteiger partial charge in [-0.2, -0.15) is 5.26 Å². The van der Waals surface area contributed by atoms with Crippen LogP contribution in [-0.4, -0.2) is 0 Å². The monoisotopic (exact) mass is 313 g/mol. The smallest absolute Gasteiger partial charge is 0.0998 e. The van der Waals surface area contributed by atoms with Crippen molar-refractivity contribution < 1.29 is 0 Å². The number of nitriles is 1. The van der Waals surface area contributed by atoms with E-state index in [2.05, 4.69) is 47.7 Å². The van der Waals surface area contributed by atoms with Crippen molar-refractivity contribution in [2.75, 3.05) is 0 Å². The summed E-state index contributed by atoms with van der Waals surface area (Å²) in [7, 11) is 0. The van der Waals surface area contributed by atoms with Gasteiger partial charge in [-0.3, -0.25) is 0 Å². The fourth-order valence-corrected chi connectivity index (χ4v) is 3.33. The molecular formula is C11H8INS. The van der Waals surface area contributed by atoms with Crippen LogP contribution in [0.5, 0.6) is 0 Å². The average molecular weight is 313 g/mol. The molecule has 0 saturated heterocycles. The summed E-state index contributed by atoms with van der Waals surface area (Å²) in [5, 5.41) is 10.1. The summed E-state index contributed by atoms with van der Waals surface area (Å²) in [5.74, 6) is 0. The highest BCUT2D eigenvalue weighted by molar-refractivity contribution is 14.1. The van der Waals surface area contributed by atoms with E-state index < -0.39 is 0 Å². The summed E-state index contributed by atoms with van der Waals surface area (Å²) < 4.78 is 2.36. The van der Waals surface area contributed by atoms with Crippen LogP contribution in [0.1, 0.15) is 17.4 Å². The molecule has 0 spiro atoms. The summed E-state index contributed by atoms with van der Waals surface area (Å²) >= 11 is 4.04. The molecule has 0 aliphatic carbocycles. The SMILES string of the molecule is CCc1cc2c(C#N)cc(I)cc2s1. The van der Waals surface area contributed by atoms with E-state index in [4.69, 9.17) is 5.26 Å². The number of benzene rings is 1. The predicted molar refractivity (Wildman–Crippen MR) is 68.6 cm³/mol. The molecule has 0 unspecified atom stereocenters. The zero-order chi connectivity index (χ0) is 10.1. The van der Waals surface area contributed by atoms with Gasteiger partial charge < -0.3 is 0 Å². The zero-order valence-electron chi connectivity index (χ0n) is 7.67. The van der Waals surface area contributed by atoms with Crippen molar-refractivity contribution in [3.05, 3.63) is 32.2 Å². The Balaban J connectivity index is 2.79. The van der Waals surface area contributed by atoms with Crippen molar-refractivity contribution in [2.45, 2.75) is 13.3 Å². The Morgan fingerprint density at radius 1 is 1.43 bits per heavy atom. The van der Waals surface area contributed by atoms with E-state index in [0.717, 1.165) is 20.9 Å². The van der Waals surface area contributed by atoms with Crippen LogP contribution in [0.4, 0.5) is 0 Å². The molecule has 14 heavy (non-hydrogen) atoms. The lowest BCUT2D eigenvalue weighted by Crippen LogP contribution is -1.77. The second kappa shape index (κ2) is 3.87. The molecular weight excluding hydrogens is 305 g/mol. The number of hydrogen-bond acceptors (Lipinski definition) is 2. The highest BCUT2D eigenvalue weighted by Gasteiger charge is 2.06. The van der Waals surface area contributed by atoms with Crippen LogP contribution in [0.15, 0.2) is 18.2 Å². The lowest BCUT2D eigenvalue weighted by molar-refractivity contribution is 1.19. The number of fused-ring (bicyclic) bond motifs is 1. The molecule has 0 aliphatic rings. The summed E-state index contributed by atoms with van der Waals surface area (Å²) in [6.07, 6.45) is 1.04. The van der Waals surface area contributed by atoms with Crippen molar-refractivity contribution in [1.82, 2.24) is 0 Å². The summed E-state index contributed by atoms with van der Waals surface area (Å²) in [6, 6.07) is 8.46. The fourth-order valence-electron chi connectivity index (χ4n) is 1.42. The number of rotatable bonds is 1. The van der Waals surface area contributed by atoms with Crippen LogP contribution >= 0.6 is 33.9 Å². The predicted octanol–water partition coefficient (Wildman–Crippen LogP) is 3.94. The van der Waals surface area contributed by atoms with Gasteiger partial charge in [0, 0.05) is 18.5 Å². The van der Waals surface area contributed by atoms with Crippen molar-refractivity contribution in [3.8, 4) is 6.07 Å². The lowest BCUT2D eigenvalue weighted by atomic mass is 10.1. The van der Waals surface area contributed by atoms with Gasteiger partial charge in [0.25, 0.3) is 0 Å². The Morgan fingerprint density at radius 2 is 2.21 bits per heavy atom. The molecule has 0 aliphatic heterocycles. The molecule has 1 aromatic carbocycles. The molecule has 2 aromatic rings. The Kier molecular flexibility index (Phi) is 2.75. The first-order valence-corrected chi connectivity index (χ1v) is 6.26. The van der Waals surface area contributed by atoms with E-state index in [1.165, 1.54) is 9.58 Å². The van der Waals surface area contributed by atoms with Crippen molar-refractivity contribution in [2.24, 2.45) is 0 Å². The fraction of sp³-hybridized carbons (Fsp3) is 0.182. The summed E-state index contributed by atoms with van der Waals surface area (Å²) in [5.41, 5.74) is 0.794. The van der Waals surface area contributed by atoms with Crippen LogP contribution in [-0.2, 0) is 6.42 Å². The Hall–Kier alpha value is -0.600. The van der Waals surface area contributed by atoms with E-state index in [-0.39, 0.29) is 0 Å². The minimum atomic E-state index is 0.794. The van der Waals surface area contributed by atoms with Crippen molar-refractivity contribution in [1.29, 1.82) is 5.26 Å². The molecule has 3 heteroatoms. The van der Waals surface area contributed by atoms with Crippen molar-refractivity contribution >= 4 is 44.0 Å². The van der Waals surface area contributed by atoms with Gasteiger partial charge in [-0.05, 0) is 47.2 Å². The maximum absolute atomic E-state index is 8.99. The standard InChI is InChI=1S/C11H8INS/c1-2-9-5-10-7(6-13)3-8(12)4-11(10)14-9/h3-5H,2H2,1H3. The summed E-state index contributed by atoms with van der Waals surface area (Å²) in [4.78, 5) is 1.35. The second-order valence-electron chi connectivity index (χ2n) is 3.04. The van der Waals surface area contributed by atoms with Gasteiger partial charge in [-0.25, -0.2) is 0 Å². The number of thiophene rings is 1. The van der Waals surface area contributed by atoms with Crippen LogP contribution in [0, 0.1) is 14.9 Å². The van der Waals surface area contributed by atoms with Crippen molar-refractivity contribution in [3.63, 3.8) is 0 Å². The van der Waals surface area contributed by atoms with E-state index >= 15 is 0 Å². The first-order chi connectivity index (χ1) is 6.74. The van der Waals surface area contributed by atoms with E-state index in [1.807, 2.05) is 6.07 Å². The molecule has 0 radical (unpaired) electrons. The third-order valence-electron chi connectivity index (χ3n) is 2.12. The third-order valence-corrected chi connectivity index (χ3v) is 3.97. The van der Waals surface area contributed by atoms with E-state index in [1.54, 1.807) is 11.3 Å². The molecule has 2 rings (SSSR count). The number of aryl methyl sites for hydroxylation is 1. The number of hydrogen-bond donors (Lipinski definition) is 0. The van der Waals surface area contributed by atoms with Crippen LogP contribution < -0.4 is 0 Å². The molecule has 70 valence electrons. The molecule has 0 bridgehead atoms. The molecule has 1 nitrogen and oxygen atoms in total. The maximum atomic E-state index is 8.99. The first kappa shape index (κ1) is 9.94. The van der Waals surface area contributed by atoms with Crippen LogP contribution in [0.3, 0.4) is 0 Å². The molecule has 0 amide bonds. The van der Waals surface area contributed by atoms with E-state index in [0.29, 0.717) is 0 Å². The number of nitrogens with zero attached hydrogens (tertiary/aromatic N) is 1. The molecule has 0 saturated carbocycles. The Bertz CT molecular complexity index is 522.